The number of ether oxygens (including phenoxy) is 2. The molecular formula is C19H23N3O3. The summed E-state index contributed by atoms with van der Waals surface area (Å²) in [5.41, 5.74) is 3.29. The summed E-state index contributed by atoms with van der Waals surface area (Å²) in [7, 11) is 1.95. The molecule has 0 spiro atoms. The number of hydrogen-bond acceptors (Lipinski definition) is 4. The van der Waals surface area contributed by atoms with Crippen LogP contribution in [0.15, 0.2) is 24.3 Å². The molecule has 1 fully saturated rings. The monoisotopic (exact) mass is 341 g/mol. The average molecular weight is 341 g/mol. The van der Waals surface area contributed by atoms with Crippen LogP contribution in [0.2, 0.25) is 0 Å². The minimum atomic E-state index is -0.590. The van der Waals surface area contributed by atoms with Gasteiger partial charge in [-0.05, 0) is 38.8 Å². The van der Waals surface area contributed by atoms with E-state index in [4.69, 9.17) is 9.47 Å². The molecule has 0 bridgehead atoms. The van der Waals surface area contributed by atoms with E-state index in [1.165, 1.54) is 5.56 Å². The van der Waals surface area contributed by atoms with Gasteiger partial charge in [-0.2, -0.15) is 5.10 Å². The highest BCUT2D eigenvalue weighted by Gasteiger charge is 2.39. The Labute approximate surface area is 147 Å². The lowest BCUT2D eigenvalue weighted by Crippen LogP contribution is -2.46. The van der Waals surface area contributed by atoms with Crippen molar-refractivity contribution in [2.45, 2.75) is 38.8 Å². The molecule has 0 N–H and O–H groups in total. The van der Waals surface area contributed by atoms with E-state index in [-0.39, 0.29) is 18.6 Å². The van der Waals surface area contributed by atoms with E-state index in [2.05, 4.69) is 12.0 Å². The van der Waals surface area contributed by atoms with Gasteiger partial charge in [-0.15, -0.1) is 0 Å². The van der Waals surface area contributed by atoms with Gasteiger partial charge in [-0.3, -0.25) is 9.48 Å². The van der Waals surface area contributed by atoms with Crippen molar-refractivity contribution in [3.8, 4) is 11.5 Å². The van der Waals surface area contributed by atoms with Gasteiger partial charge in [0.15, 0.2) is 11.5 Å². The summed E-state index contributed by atoms with van der Waals surface area (Å²) in [6.45, 7) is 5.08. The first kappa shape index (κ1) is 16.0. The highest BCUT2D eigenvalue weighted by Crippen LogP contribution is 2.37. The van der Waals surface area contributed by atoms with E-state index >= 15 is 0 Å². The molecule has 6 heteroatoms. The van der Waals surface area contributed by atoms with Gasteiger partial charge >= 0.3 is 0 Å². The summed E-state index contributed by atoms with van der Waals surface area (Å²) >= 11 is 0. The van der Waals surface area contributed by atoms with E-state index in [0.717, 1.165) is 30.8 Å². The number of aryl methyl sites for hydroxylation is 2. The number of para-hydroxylation sites is 2. The maximum absolute atomic E-state index is 13.1. The molecule has 2 aliphatic heterocycles. The smallest absolute Gasteiger partial charge is 0.267 e. The van der Waals surface area contributed by atoms with Crippen molar-refractivity contribution in [3.05, 3.63) is 41.2 Å². The minimum Gasteiger partial charge on any atom is -0.485 e. The molecule has 2 aromatic rings. The zero-order valence-electron chi connectivity index (χ0n) is 14.9. The predicted octanol–water partition coefficient (Wildman–Crippen LogP) is 2.54. The SMILES string of the molecule is Cc1nn(C)c(C)c1[C@H]1CCCN1C(=O)[C@@H]1COc2ccccc2O1. The number of fused-ring (bicyclic) bond motifs is 1. The lowest BCUT2D eigenvalue weighted by Gasteiger charge is -2.32. The maximum atomic E-state index is 13.1. The molecule has 3 heterocycles. The fraction of sp³-hybridized carbons (Fsp3) is 0.474. The zero-order valence-corrected chi connectivity index (χ0v) is 14.9. The Morgan fingerprint density at radius 2 is 2.00 bits per heavy atom. The first-order chi connectivity index (χ1) is 12.1. The van der Waals surface area contributed by atoms with Crippen molar-refractivity contribution in [2.24, 2.45) is 7.05 Å². The lowest BCUT2D eigenvalue weighted by atomic mass is 10.0. The second kappa shape index (κ2) is 6.10. The zero-order chi connectivity index (χ0) is 17.6. The summed E-state index contributed by atoms with van der Waals surface area (Å²) in [5, 5.41) is 4.51. The first-order valence-corrected chi connectivity index (χ1v) is 8.75. The Morgan fingerprint density at radius 1 is 1.24 bits per heavy atom. The lowest BCUT2D eigenvalue weighted by molar-refractivity contribution is -0.142. The molecule has 132 valence electrons. The van der Waals surface area contributed by atoms with Gasteiger partial charge in [0.2, 0.25) is 6.10 Å². The summed E-state index contributed by atoms with van der Waals surface area (Å²) in [5.74, 6) is 1.33. The van der Waals surface area contributed by atoms with Crippen molar-refractivity contribution in [3.63, 3.8) is 0 Å². The predicted molar refractivity (Wildman–Crippen MR) is 92.7 cm³/mol. The van der Waals surface area contributed by atoms with E-state index in [0.29, 0.717) is 11.5 Å². The van der Waals surface area contributed by atoms with Crippen LogP contribution < -0.4 is 9.47 Å². The fourth-order valence-electron chi connectivity index (χ4n) is 3.93. The van der Waals surface area contributed by atoms with Crippen LogP contribution in [-0.2, 0) is 11.8 Å². The van der Waals surface area contributed by atoms with Crippen LogP contribution >= 0.6 is 0 Å². The van der Waals surface area contributed by atoms with Crippen LogP contribution in [0.4, 0.5) is 0 Å². The first-order valence-electron chi connectivity index (χ1n) is 8.75. The number of carbonyl (C=O) groups is 1. The fourth-order valence-corrected chi connectivity index (χ4v) is 3.93. The number of amides is 1. The second-order valence-corrected chi connectivity index (χ2v) is 6.76. The Kier molecular flexibility index (Phi) is 3.90. The number of aromatic nitrogens is 2. The van der Waals surface area contributed by atoms with Gasteiger partial charge in [0.05, 0.1) is 11.7 Å². The topological polar surface area (TPSA) is 56.6 Å². The highest BCUT2D eigenvalue weighted by molar-refractivity contribution is 5.82. The van der Waals surface area contributed by atoms with Crippen molar-refractivity contribution in [1.29, 1.82) is 0 Å². The summed E-state index contributed by atoms with van der Waals surface area (Å²) in [4.78, 5) is 15.1. The largest absolute Gasteiger partial charge is 0.485 e. The van der Waals surface area contributed by atoms with Gasteiger partial charge in [0.1, 0.15) is 6.61 Å². The Morgan fingerprint density at radius 3 is 2.72 bits per heavy atom. The Balaban J connectivity index is 1.58. The minimum absolute atomic E-state index is 0.000318. The second-order valence-electron chi connectivity index (χ2n) is 6.76. The molecule has 1 amide bonds. The molecule has 2 aliphatic rings. The maximum Gasteiger partial charge on any atom is 0.267 e. The number of hydrogen-bond donors (Lipinski definition) is 0. The number of likely N-dealkylation sites (tertiary alicyclic amines) is 1. The quantitative estimate of drug-likeness (QED) is 0.842. The van der Waals surface area contributed by atoms with E-state index in [1.807, 2.05) is 47.8 Å². The van der Waals surface area contributed by atoms with E-state index in [9.17, 15) is 4.79 Å². The molecule has 1 aromatic heterocycles. The van der Waals surface area contributed by atoms with Crippen LogP contribution in [0.5, 0.6) is 11.5 Å². The summed E-state index contributed by atoms with van der Waals surface area (Å²) < 4.78 is 13.5. The van der Waals surface area contributed by atoms with Gasteiger partial charge in [-0.25, -0.2) is 0 Å². The van der Waals surface area contributed by atoms with Crippen LogP contribution in [0.1, 0.15) is 35.8 Å². The molecule has 2 atom stereocenters. The van der Waals surface area contributed by atoms with Crippen LogP contribution in [0.3, 0.4) is 0 Å². The molecule has 25 heavy (non-hydrogen) atoms. The average Bonchev–Trinajstić information content (AvgIpc) is 3.18. The number of rotatable bonds is 2. The van der Waals surface area contributed by atoms with E-state index < -0.39 is 6.10 Å². The standard InChI is InChI=1S/C19H23N3O3/c1-12-18(13(2)21(3)20-12)14-7-6-10-22(14)19(23)17-11-24-15-8-4-5-9-16(15)25-17/h4-5,8-9,14,17H,6-7,10-11H2,1-3H3/t14-,17+/m1/s1. The van der Waals surface area contributed by atoms with Crippen molar-refractivity contribution >= 4 is 5.91 Å². The number of nitrogens with zero attached hydrogens (tertiary/aromatic N) is 3. The Bertz CT molecular complexity index is 814. The van der Waals surface area contributed by atoms with Crippen molar-refractivity contribution in [2.75, 3.05) is 13.2 Å². The van der Waals surface area contributed by atoms with Gasteiger partial charge in [-0.1, -0.05) is 12.1 Å². The van der Waals surface area contributed by atoms with E-state index in [1.54, 1.807) is 0 Å². The molecular weight excluding hydrogens is 318 g/mol. The molecule has 1 saturated heterocycles. The third kappa shape index (κ3) is 2.65. The summed E-state index contributed by atoms with van der Waals surface area (Å²) in [6, 6.07) is 7.55. The molecule has 4 rings (SSSR count). The molecule has 0 radical (unpaired) electrons. The van der Waals surface area contributed by atoms with Crippen molar-refractivity contribution in [1.82, 2.24) is 14.7 Å². The van der Waals surface area contributed by atoms with Crippen LogP contribution in [0.25, 0.3) is 0 Å². The third-order valence-electron chi connectivity index (χ3n) is 5.22. The van der Waals surface area contributed by atoms with Crippen molar-refractivity contribution < 1.29 is 14.3 Å². The van der Waals surface area contributed by atoms with Gasteiger partial charge in [0.25, 0.3) is 5.91 Å². The molecule has 0 saturated carbocycles. The normalized spacial score (nSPS) is 22.3. The van der Waals surface area contributed by atoms with Crippen LogP contribution in [0, 0.1) is 13.8 Å². The van der Waals surface area contributed by atoms with Gasteiger partial charge in [0, 0.05) is 24.8 Å². The number of benzene rings is 1. The highest BCUT2D eigenvalue weighted by atomic mass is 16.6. The number of carbonyl (C=O) groups excluding carboxylic acids is 1. The van der Waals surface area contributed by atoms with Gasteiger partial charge < -0.3 is 14.4 Å². The van der Waals surface area contributed by atoms with Crippen LogP contribution in [-0.4, -0.2) is 39.8 Å². The molecule has 0 unspecified atom stereocenters. The molecule has 0 aliphatic carbocycles. The summed E-state index contributed by atoms with van der Waals surface area (Å²) in [6.07, 6.45) is 1.37. The Hall–Kier alpha value is -2.50. The molecule has 6 nitrogen and oxygen atoms in total. The molecule has 1 aromatic carbocycles. The third-order valence-corrected chi connectivity index (χ3v) is 5.22.